The van der Waals surface area contributed by atoms with Crippen LogP contribution in [0.5, 0.6) is 11.5 Å². The van der Waals surface area contributed by atoms with Crippen molar-refractivity contribution in [2.24, 2.45) is 5.73 Å². The lowest BCUT2D eigenvalue weighted by molar-refractivity contribution is 0.386. The number of halogens is 2. The predicted molar refractivity (Wildman–Crippen MR) is 81.6 cm³/mol. The first-order valence-electron chi connectivity index (χ1n) is 6.46. The second kappa shape index (κ2) is 6.78. The maximum absolute atomic E-state index is 13.7. The zero-order valence-corrected chi connectivity index (χ0v) is 12.7. The van der Waals surface area contributed by atoms with E-state index in [-0.39, 0.29) is 11.8 Å². The number of hydrogen-bond acceptors (Lipinski definition) is 3. The lowest BCUT2D eigenvalue weighted by Gasteiger charge is -2.16. The number of hydrogen-bond donors (Lipinski definition) is 1. The van der Waals surface area contributed by atoms with Gasteiger partial charge in [0.05, 0.1) is 14.2 Å². The van der Waals surface area contributed by atoms with Crippen molar-refractivity contribution in [1.82, 2.24) is 0 Å². The minimum Gasteiger partial charge on any atom is -0.496 e. The Labute approximate surface area is 128 Å². The quantitative estimate of drug-likeness (QED) is 0.915. The normalized spacial score (nSPS) is 12.0. The summed E-state index contributed by atoms with van der Waals surface area (Å²) in [7, 11) is 3.01. The number of benzene rings is 2. The molecular formula is C16H17ClFNO2. The molecule has 0 aliphatic carbocycles. The second-order valence-electron chi connectivity index (χ2n) is 4.67. The molecule has 0 heterocycles. The average molecular weight is 310 g/mol. The third-order valence-electron chi connectivity index (χ3n) is 3.26. The van der Waals surface area contributed by atoms with Crippen LogP contribution in [0.3, 0.4) is 0 Å². The molecule has 3 nitrogen and oxygen atoms in total. The van der Waals surface area contributed by atoms with E-state index < -0.39 is 5.82 Å². The highest BCUT2D eigenvalue weighted by atomic mass is 35.5. The Morgan fingerprint density at radius 3 is 2.38 bits per heavy atom. The van der Waals surface area contributed by atoms with Crippen molar-refractivity contribution in [2.45, 2.75) is 12.5 Å². The summed E-state index contributed by atoms with van der Waals surface area (Å²) in [5.74, 6) is 0.480. The van der Waals surface area contributed by atoms with Crippen molar-refractivity contribution in [1.29, 1.82) is 0 Å². The molecule has 0 aliphatic heterocycles. The van der Waals surface area contributed by atoms with Gasteiger partial charge in [0.25, 0.3) is 0 Å². The highest BCUT2D eigenvalue weighted by Gasteiger charge is 2.14. The molecule has 2 aromatic carbocycles. The molecule has 2 aromatic rings. The smallest absolute Gasteiger partial charge is 0.165 e. The fraction of sp³-hybridized carbons (Fsp3) is 0.250. The number of nitrogens with two attached hydrogens (primary N) is 1. The number of rotatable bonds is 5. The summed E-state index contributed by atoms with van der Waals surface area (Å²) >= 11 is 6.00. The summed E-state index contributed by atoms with van der Waals surface area (Å²) in [6, 6.07) is 9.74. The zero-order chi connectivity index (χ0) is 15.4. The molecule has 0 aliphatic rings. The Kier molecular flexibility index (Phi) is 5.04. The van der Waals surface area contributed by atoms with Gasteiger partial charge in [0, 0.05) is 16.6 Å². The van der Waals surface area contributed by atoms with Gasteiger partial charge in [-0.2, -0.15) is 0 Å². The van der Waals surface area contributed by atoms with Crippen LogP contribution in [-0.4, -0.2) is 14.2 Å². The van der Waals surface area contributed by atoms with Gasteiger partial charge >= 0.3 is 0 Å². The third-order valence-corrected chi connectivity index (χ3v) is 3.50. The van der Waals surface area contributed by atoms with E-state index in [2.05, 4.69) is 0 Å². The van der Waals surface area contributed by atoms with E-state index in [1.54, 1.807) is 37.4 Å². The van der Waals surface area contributed by atoms with E-state index in [9.17, 15) is 4.39 Å². The first kappa shape index (κ1) is 15.6. The molecule has 2 rings (SSSR count). The summed E-state index contributed by atoms with van der Waals surface area (Å²) in [6.07, 6.45) is 0.470. The maximum atomic E-state index is 13.7. The fourth-order valence-corrected chi connectivity index (χ4v) is 2.38. The monoisotopic (exact) mass is 309 g/mol. The topological polar surface area (TPSA) is 44.5 Å². The molecule has 0 bridgehead atoms. The van der Waals surface area contributed by atoms with Crippen molar-refractivity contribution in [3.05, 3.63) is 58.4 Å². The van der Waals surface area contributed by atoms with E-state index in [0.29, 0.717) is 17.2 Å². The van der Waals surface area contributed by atoms with Crippen LogP contribution in [0.4, 0.5) is 4.39 Å². The molecule has 0 aromatic heterocycles. The summed E-state index contributed by atoms with van der Waals surface area (Å²) in [6.45, 7) is 0. The van der Waals surface area contributed by atoms with Gasteiger partial charge in [-0.1, -0.05) is 17.7 Å². The van der Waals surface area contributed by atoms with Crippen LogP contribution in [0.15, 0.2) is 36.4 Å². The van der Waals surface area contributed by atoms with Crippen molar-refractivity contribution < 1.29 is 13.9 Å². The lowest BCUT2D eigenvalue weighted by atomic mass is 9.98. The molecular weight excluding hydrogens is 293 g/mol. The first-order valence-corrected chi connectivity index (χ1v) is 6.84. The van der Waals surface area contributed by atoms with Gasteiger partial charge in [0.1, 0.15) is 5.75 Å². The minimum absolute atomic E-state index is 0.215. The largest absolute Gasteiger partial charge is 0.496 e. The molecule has 21 heavy (non-hydrogen) atoms. The summed E-state index contributed by atoms with van der Waals surface area (Å²) < 4.78 is 23.9. The van der Waals surface area contributed by atoms with Crippen molar-refractivity contribution in [2.75, 3.05) is 14.2 Å². The first-order chi connectivity index (χ1) is 10.0. The lowest BCUT2D eigenvalue weighted by Crippen LogP contribution is -2.14. The minimum atomic E-state index is -0.403. The molecule has 0 fully saturated rings. The van der Waals surface area contributed by atoms with E-state index in [0.717, 1.165) is 11.1 Å². The molecule has 0 saturated heterocycles. The van der Waals surface area contributed by atoms with Crippen LogP contribution >= 0.6 is 11.6 Å². The maximum Gasteiger partial charge on any atom is 0.165 e. The van der Waals surface area contributed by atoms with Crippen LogP contribution in [0.2, 0.25) is 5.02 Å². The summed E-state index contributed by atoms with van der Waals surface area (Å²) in [4.78, 5) is 0. The van der Waals surface area contributed by atoms with Gasteiger partial charge in [-0.05, 0) is 42.3 Å². The van der Waals surface area contributed by atoms with Gasteiger partial charge in [-0.3, -0.25) is 0 Å². The molecule has 0 amide bonds. The van der Waals surface area contributed by atoms with Crippen LogP contribution in [0, 0.1) is 5.82 Å². The molecule has 112 valence electrons. The molecule has 5 heteroatoms. The number of ether oxygens (including phenoxy) is 2. The fourth-order valence-electron chi connectivity index (χ4n) is 2.20. The highest BCUT2D eigenvalue weighted by molar-refractivity contribution is 6.30. The van der Waals surface area contributed by atoms with Gasteiger partial charge in [-0.15, -0.1) is 0 Å². The molecule has 1 atom stereocenters. The van der Waals surface area contributed by atoms with E-state index >= 15 is 0 Å². The van der Waals surface area contributed by atoms with Crippen LogP contribution < -0.4 is 15.2 Å². The standard InChI is InChI=1S/C16H17ClFNO2/c1-20-15-6-4-11(17)9-12(15)14(19)8-10-3-5-16(21-2)13(18)7-10/h3-7,9,14H,8,19H2,1-2H3. The predicted octanol–water partition coefficient (Wildman–Crippen LogP) is 3.74. The van der Waals surface area contributed by atoms with Crippen LogP contribution in [0.1, 0.15) is 17.2 Å². The van der Waals surface area contributed by atoms with Gasteiger partial charge in [0.15, 0.2) is 11.6 Å². The Hall–Kier alpha value is -1.78. The SMILES string of the molecule is COc1ccc(CC(N)c2cc(Cl)ccc2OC)cc1F. The second-order valence-corrected chi connectivity index (χ2v) is 5.10. The summed E-state index contributed by atoms with van der Waals surface area (Å²) in [5, 5.41) is 0.585. The molecule has 0 saturated carbocycles. The van der Waals surface area contributed by atoms with Gasteiger partial charge in [-0.25, -0.2) is 4.39 Å². The van der Waals surface area contributed by atoms with Gasteiger partial charge in [0.2, 0.25) is 0 Å². The Bertz CT molecular complexity index is 634. The van der Waals surface area contributed by atoms with Crippen LogP contribution in [0.25, 0.3) is 0 Å². The summed E-state index contributed by atoms with van der Waals surface area (Å²) in [5.41, 5.74) is 7.77. The van der Waals surface area contributed by atoms with Crippen LogP contribution in [-0.2, 0) is 6.42 Å². The Morgan fingerprint density at radius 1 is 1.10 bits per heavy atom. The average Bonchev–Trinajstić information content (AvgIpc) is 2.47. The van der Waals surface area contributed by atoms with E-state index in [4.69, 9.17) is 26.8 Å². The Morgan fingerprint density at radius 2 is 1.76 bits per heavy atom. The third kappa shape index (κ3) is 3.65. The molecule has 1 unspecified atom stereocenters. The van der Waals surface area contributed by atoms with Crippen molar-refractivity contribution in [3.63, 3.8) is 0 Å². The van der Waals surface area contributed by atoms with E-state index in [1.807, 2.05) is 0 Å². The van der Waals surface area contributed by atoms with Gasteiger partial charge < -0.3 is 15.2 Å². The highest BCUT2D eigenvalue weighted by Crippen LogP contribution is 2.29. The molecule has 0 spiro atoms. The van der Waals surface area contributed by atoms with Crippen molar-refractivity contribution in [3.8, 4) is 11.5 Å². The molecule has 0 radical (unpaired) electrons. The zero-order valence-electron chi connectivity index (χ0n) is 11.9. The van der Waals surface area contributed by atoms with Crippen molar-refractivity contribution >= 4 is 11.6 Å². The number of methoxy groups -OCH3 is 2. The van der Waals surface area contributed by atoms with E-state index in [1.165, 1.54) is 13.2 Å². The Balaban J connectivity index is 2.23. The molecule has 2 N–H and O–H groups in total.